The molecule has 7 nitrogen and oxygen atoms in total. The Hall–Kier alpha value is -3.91. The first-order chi connectivity index (χ1) is 14.5. The van der Waals surface area contributed by atoms with Crippen LogP contribution in [0, 0.1) is 0 Å². The van der Waals surface area contributed by atoms with Crippen LogP contribution in [-0.4, -0.2) is 24.5 Å². The second kappa shape index (κ2) is 8.22. The lowest BCUT2D eigenvalue weighted by atomic mass is 10.1. The van der Waals surface area contributed by atoms with Crippen LogP contribution in [0.5, 0.6) is 0 Å². The molecule has 3 aromatic carbocycles. The number of sulfonamides is 1. The molecule has 0 aliphatic heterocycles. The van der Waals surface area contributed by atoms with Gasteiger partial charge < -0.3 is 5.32 Å². The lowest BCUT2D eigenvalue weighted by molar-refractivity contribution is 0.102. The first kappa shape index (κ1) is 19.4. The predicted molar refractivity (Wildman–Crippen MR) is 116 cm³/mol. The van der Waals surface area contributed by atoms with Crippen LogP contribution in [0.15, 0.2) is 95.9 Å². The molecule has 3 N–H and O–H groups in total. The summed E-state index contributed by atoms with van der Waals surface area (Å²) in [4.78, 5) is 12.4. The van der Waals surface area contributed by atoms with E-state index in [0.29, 0.717) is 22.8 Å². The summed E-state index contributed by atoms with van der Waals surface area (Å²) in [6.45, 7) is 0. The number of aromatic amines is 1. The van der Waals surface area contributed by atoms with Crippen molar-refractivity contribution in [3.63, 3.8) is 0 Å². The zero-order chi connectivity index (χ0) is 21.0. The van der Waals surface area contributed by atoms with E-state index in [1.54, 1.807) is 66.7 Å². The van der Waals surface area contributed by atoms with E-state index in [1.165, 1.54) is 12.1 Å². The maximum Gasteiger partial charge on any atom is 0.261 e. The molecule has 0 aliphatic carbocycles. The zero-order valence-corrected chi connectivity index (χ0v) is 16.6. The topological polar surface area (TPSA) is 104 Å². The fourth-order valence-corrected chi connectivity index (χ4v) is 3.95. The lowest BCUT2D eigenvalue weighted by Gasteiger charge is -2.09. The zero-order valence-electron chi connectivity index (χ0n) is 15.7. The number of nitrogens with one attached hydrogen (secondary N) is 3. The highest BCUT2D eigenvalue weighted by molar-refractivity contribution is 7.92. The van der Waals surface area contributed by atoms with Gasteiger partial charge in [0.05, 0.1) is 10.6 Å². The number of anilines is 2. The van der Waals surface area contributed by atoms with E-state index in [9.17, 15) is 13.2 Å². The van der Waals surface area contributed by atoms with Gasteiger partial charge in [-0.2, -0.15) is 5.10 Å². The summed E-state index contributed by atoms with van der Waals surface area (Å²) in [5.41, 5.74) is 2.30. The number of benzene rings is 3. The summed E-state index contributed by atoms with van der Waals surface area (Å²) < 4.78 is 27.6. The molecule has 0 saturated heterocycles. The minimum Gasteiger partial charge on any atom is -0.305 e. The van der Waals surface area contributed by atoms with E-state index in [0.717, 1.165) is 5.56 Å². The standard InChI is InChI=1S/C22H18N4O3S/c27-22(16-8-3-1-4-9-16)23-21-15-20(24-25-21)17-10-7-11-18(14-17)26-30(28,29)19-12-5-2-6-13-19/h1-15,26H,(H2,23,24,25,27). The van der Waals surface area contributed by atoms with Crippen molar-refractivity contribution < 1.29 is 13.2 Å². The molecular formula is C22H18N4O3S. The van der Waals surface area contributed by atoms with Crippen molar-refractivity contribution >= 4 is 27.4 Å². The Bertz CT molecular complexity index is 1270. The molecule has 0 aliphatic rings. The van der Waals surface area contributed by atoms with Crippen LogP contribution in [0.25, 0.3) is 11.3 Å². The molecule has 8 heteroatoms. The fourth-order valence-electron chi connectivity index (χ4n) is 2.88. The van der Waals surface area contributed by atoms with E-state index < -0.39 is 10.0 Å². The molecule has 0 spiro atoms. The molecular weight excluding hydrogens is 400 g/mol. The third-order valence-electron chi connectivity index (χ3n) is 4.33. The van der Waals surface area contributed by atoms with Gasteiger partial charge in [-0.05, 0) is 36.4 Å². The third-order valence-corrected chi connectivity index (χ3v) is 5.73. The molecule has 150 valence electrons. The van der Waals surface area contributed by atoms with Gasteiger partial charge in [-0.1, -0.05) is 48.5 Å². The maximum absolute atomic E-state index is 12.5. The minimum atomic E-state index is -3.69. The van der Waals surface area contributed by atoms with Gasteiger partial charge >= 0.3 is 0 Å². The summed E-state index contributed by atoms with van der Waals surface area (Å²) >= 11 is 0. The van der Waals surface area contributed by atoms with Crippen LogP contribution >= 0.6 is 0 Å². The van der Waals surface area contributed by atoms with Gasteiger partial charge in [0.25, 0.3) is 15.9 Å². The van der Waals surface area contributed by atoms with Gasteiger partial charge in [-0.15, -0.1) is 0 Å². The molecule has 1 amide bonds. The van der Waals surface area contributed by atoms with Gasteiger partial charge in [0.2, 0.25) is 0 Å². The molecule has 1 aromatic heterocycles. The van der Waals surface area contributed by atoms with E-state index in [-0.39, 0.29) is 10.8 Å². The molecule has 0 saturated carbocycles. The molecule has 4 rings (SSSR count). The summed E-state index contributed by atoms with van der Waals surface area (Å²) in [7, 11) is -3.69. The van der Waals surface area contributed by atoms with Gasteiger partial charge in [-0.25, -0.2) is 8.42 Å². The van der Waals surface area contributed by atoms with Crippen molar-refractivity contribution in [1.29, 1.82) is 0 Å². The lowest BCUT2D eigenvalue weighted by Crippen LogP contribution is -2.12. The van der Waals surface area contributed by atoms with Crippen molar-refractivity contribution in [2.45, 2.75) is 4.90 Å². The highest BCUT2D eigenvalue weighted by Gasteiger charge is 2.14. The monoisotopic (exact) mass is 418 g/mol. The Kier molecular flexibility index (Phi) is 5.32. The van der Waals surface area contributed by atoms with Gasteiger partial charge in [-0.3, -0.25) is 14.6 Å². The number of hydrogen-bond acceptors (Lipinski definition) is 4. The highest BCUT2D eigenvalue weighted by atomic mass is 32.2. The predicted octanol–water partition coefficient (Wildman–Crippen LogP) is 4.13. The summed E-state index contributed by atoms with van der Waals surface area (Å²) in [6.07, 6.45) is 0. The van der Waals surface area contributed by atoms with Crippen molar-refractivity contribution in [2.75, 3.05) is 10.0 Å². The molecule has 0 atom stereocenters. The Balaban J connectivity index is 1.51. The van der Waals surface area contributed by atoms with Crippen molar-refractivity contribution in [3.05, 3.63) is 96.6 Å². The second-order valence-corrected chi connectivity index (χ2v) is 8.17. The number of carbonyl (C=O) groups excluding carboxylic acids is 1. The quantitative estimate of drug-likeness (QED) is 0.438. The first-order valence-electron chi connectivity index (χ1n) is 9.11. The largest absolute Gasteiger partial charge is 0.305 e. The average Bonchev–Trinajstić information content (AvgIpc) is 3.23. The van der Waals surface area contributed by atoms with Gasteiger partial charge in [0, 0.05) is 22.9 Å². The Labute approximate surface area is 173 Å². The summed E-state index contributed by atoms with van der Waals surface area (Å²) in [5.74, 6) is 0.104. The molecule has 4 aromatic rings. The van der Waals surface area contributed by atoms with Crippen LogP contribution in [-0.2, 0) is 10.0 Å². The number of amides is 1. The van der Waals surface area contributed by atoms with Crippen LogP contribution in [0.3, 0.4) is 0 Å². The van der Waals surface area contributed by atoms with E-state index in [2.05, 4.69) is 20.2 Å². The van der Waals surface area contributed by atoms with Gasteiger partial charge in [0.1, 0.15) is 0 Å². The minimum absolute atomic E-state index is 0.183. The summed E-state index contributed by atoms with van der Waals surface area (Å²) in [5, 5.41) is 9.70. The third kappa shape index (κ3) is 4.39. The molecule has 0 bridgehead atoms. The fraction of sp³-hybridized carbons (Fsp3) is 0. The van der Waals surface area contributed by atoms with Crippen LogP contribution in [0.2, 0.25) is 0 Å². The second-order valence-electron chi connectivity index (χ2n) is 6.49. The summed E-state index contributed by atoms with van der Waals surface area (Å²) in [6, 6.07) is 25.6. The Morgan fingerprint density at radius 2 is 1.53 bits per heavy atom. The SMILES string of the molecule is O=C(Nc1cc(-c2cccc(NS(=O)(=O)c3ccccc3)c2)[nH]n1)c1ccccc1. The van der Waals surface area contributed by atoms with Crippen LogP contribution < -0.4 is 10.0 Å². The molecule has 30 heavy (non-hydrogen) atoms. The Morgan fingerprint density at radius 3 is 2.27 bits per heavy atom. The van der Waals surface area contributed by atoms with Crippen LogP contribution in [0.4, 0.5) is 11.5 Å². The van der Waals surface area contributed by atoms with Gasteiger partial charge in [0.15, 0.2) is 5.82 Å². The number of nitrogens with zero attached hydrogens (tertiary/aromatic N) is 1. The van der Waals surface area contributed by atoms with E-state index in [1.807, 2.05) is 12.1 Å². The number of H-pyrrole nitrogens is 1. The average molecular weight is 418 g/mol. The highest BCUT2D eigenvalue weighted by Crippen LogP contribution is 2.24. The number of aromatic nitrogens is 2. The molecule has 1 heterocycles. The first-order valence-corrected chi connectivity index (χ1v) is 10.6. The molecule has 0 radical (unpaired) electrons. The number of carbonyl (C=O) groups is 1. The molecule has 0 fully saturated rings. The van der Waals surface area contributed by atoms with Crippen LogP contribution in [0.1, 0.15) is 10.4 Å². The normalized spacial score (nSPS) is 11.1. The number of hydrogen-bond donors (Lipinski definition) is 3. The smallest absolute Gasteiger partial charge is 0.261 e. The number of rotatable bonds is 6. The maximum atomic E-state index is 12.5. The van der Waals surface area contributed by atoms with Crippen molar-refractivity contribution in [1.82, 2.24) is 10.2 Å². The Morgan fingerprint density at radius 1 is 0.833 bits per heavy atom. The van der Waals surface area contributed by atoms with Crippen molar-refractivity contribution in [2.24, 2.45) is 0 Å². The van der Waals surface area contributed by atoms with E-state index in [4.69, 9.17) is 0 Å². The van der Waals surface area contributed by atoms with E-state index >= 15 is 0 Å². The van der Waals surface area contributed by atoms with Crippen molar-refractivity contribution in [3.8, 4) is 11.3 Å². The molecule has 0 unspecified atom stereocenters.